The lowest BCUT2D eigenvalue weighted by molar-refractivity contribution is -0.123. The molecule has 0 saturated carbocycles. The Bertz CT molecular complexity index is 921. The Kier molecular flexibility index (Phi) is 6.03. The van der Waals surface area contributed by atoms with Crippen LogP contribution in [0.25, 0.3) is 11.5 Å². The number of nitrogens with one attached hydrogen (secondary N) is 1. The van der Waals surface area contributed by atoms with Gasteiger partial charge in [0.2, 0.25) is 0 Å². The summed E-state index contributed by atoms with van der Waals surface area (Å²) >= 11 is 0. The second-order valence-electron chi connectivity index (χ2n) is 6.77. The zero-order chi connectivity index (χ0) is 20.1. The molecule has 0 spiro atoms. The highest BCUT2D eigenvalue weighted by atomic mass is 19.1. The summed E-state index contributed by atoms with van der Waals surface area (Å²) in [6, 6.07) is 12.8. The van der Waals surface area contributed by atoms with E-state index in [-0.39, 0.29) is 30.3 Å². The van der Waals surface area contributed by atoms with Crippen molar-refractivity contribution in [1.29, 1.82) is 0 Å². The van der Waals surface area contributed by atoms with Crippen LogP contribution in [-0.2, 0) is 4.79 Å². The van der Waals surface area contributed by atoms with E-state index in [0.717, 1.165) is 11.1 Å². The van der Waals surface area contributed by atoms with Gasteiger partial charge in [-0.3, -0.25) is 4.79 Å². The standard InChI is InChI=1S/C21H22FN3O3/c1-13(2)20-24-21(28-25-20)16-6-10-18(11-7-16)27-12-19(26)23-14(3)15-4-8-17(22)9-5-15/h4-11,13-14H,12H2,1-3H3,(H,23,26)/t14-/m0/s1. The van der Waals surface area contributed by atoms with Crippen LogP contribution in [0.15, 0.2) is 53.1 Å². The van der Waals surface area contributed by atoms with E-state index in [2.05, 4.69) is 15.5 Å². The van der Waals surface area contributed by atoms with E-state index in [1.807, 2.05) is 20.8 Å². The van der Waals surface area contributed by atoms with Crippen LogP contribution in [0.4, 0.5) is 4.39 Å². The molecule has 6 nitrogen and oxygen atoms in total. The molecule has 146 valence electrons. The van der Waals surface area contributed by atoms with Gasteiger partial charge in [-0.25, -0.2) is 4.39 Å². The van der Waals surface area contributed by atoms with Crippen LogP contribution >= 0.6 is 0 Å². The summed E-state index contributed by atoms with van der Waals surface area (Å²) in [5, 5.41) is 6.76. The minimum atomic E-state index is -0.310. The first kappa shape index (κ1) is 19.5. The maximum atomic E-state index is 13.0. The Balaban J connectivity index is 1.52. The molecule has 7 heteroatoms. The lowest BCUT2D eigenvalue weighted by Crippen LogP contribution is -2.31. The van der Waals surface area contributed by atoms with Crippen LogP contribution < -0.4 is 10.1 Å². The number of carbonyl (C=O) groups excluding carboxylic acids is 1. The molecule has 1 atom stereocenters. The van der Waals surface area contributed by atoms with Gasteiger partial charge in [0.15, 0.2) is 12.4 Å². The van der Waals surface area contributed by atoms with Gasteiger partial charge in [-0.05, 0) is 48.9 Å². The van der Waals surface area contributed by atoms with E-state index in [9.17, 15) is 9.18 Å². The molecular formula is C21H22FN3O3. The largest absolute Gasteiger partial charge is 0.484 e. The van der Waals surface area contributed by atoms with Crippen LogP contribution in [-0.4, -0.2) is 22.7 Å². The summed E-state index contributed by atoms with van der Waals surface area (Å²) in [6.07, 6.45) is 0. The Hall–Kier alpha value is -3.22. The molecule has 0 fully saturated rings. The molecule has 0 aliphatic rings. The van der Waals surface area contributed by atoms with E-state index >= 15 is 0 Å². The zero-order valence-electron chi connectivity index (χ0n) is 16.0. The number of aromatic nitrogens is 2. The Labute approximate surface area is 162 Å². The number of benzene rings is 2. The summed E-state index contributed by atoms with van der Waals surface area (Å²) in [4.78, 5) is 16.4. The molecule has 2 aromatic carbocycles. The Morgan fingerprint density at radius 2 is 1.79 bits per heavy atom. The lowest BCUT2D eigenvalue weighted by atomic mass is 10.1. The third-order valence-electron chi connectivity index (χ3n) is 4.18. The molecule has 1 aromatic heterocycles. The third kappa shape index (κ3) is 4.94. The number of halogens is 1. The number of hydrogen-bond donors (Lipinski definition) is 1. The van der Waals surface area contributed by atoms with Gasteiger partial charge in [-0.1, -0.05) is 31.1 Å². The second-order valence-corrected chi connectivity index (χ2v) is 6.77. The third-order valence-corrected chi connectivity index (χ3v) is 4.18. The molecule has 0 bridgehead atoms. The van der Waals surface area contributed by atoms with Crippen molar-refractivity contribution in [3.63, 3.8) is 0 Å². The molecule has 1 amide bonds. The first-order valence-electron chi connectivity index (χ1n) is 9.04. The van der Waals surface area contributed by atoms with Crippen molar-refractivity contribution < 1.29 is 18.4 Å². The topological polar surface area (TPSA) is 77.2 Å². The molecule has 0 radical (unpaired) electrons. The summed E-state index contributed by atoms with van der Waals surface area (Å²) in [7, 11) is 0. The number of carbonyl (C=O) groups is 1. The van der Waals surface area contributed by atoms with Crippen LogP contribution in [0.3, 0.4) is 0 Å². The van der Waals surface area contributed by atoms with Gasteiger partial charge in [0.1, 0.15) is 11.6 Å². The van der Waals surface area contributed by atoms with Crippen molar-refractivity contribution >= 4 is 5.91 Å². The van der Waals surface area contributed by atoms with Crippen molar-refractivity contribution in [1.82, 2.24) is 15.5 Å². The van der Waals surface area contributed by atoms with Gasteiger partial charge in [0.05, 0.1) is 6.04 Å². The van der Waals surface area contributed by atoms with Crippen molar-refractivity contribution in [3.05, 3.63) is 65.7 Å². The van der Waals surface area contributed by atoms with Gasteiger partial charge >= 0.3 is 0 Å². The average molecular weight is 383 g/mol. The fraction of sp³-hybridized carbons (Fsp3) is 0.286. The molecule has 0 unspecified atom stereocenters. The van der Waals surface area contributed by atoms with Crippen LogP contribution in [0.5, 0.6) is 5.75 Å². The average Bonchev–Trinajstić information content (AvgIpc) is 3.18. The lowest BCUT2D eigenvalue weighted by Gasteiger charge is -2.14. The number of nitrogens with zero attached hydrogens (tertiary/aromatic N) is 2. The maximum absolute atomic E-state index is 13.0. The molecule has 1 heterocycles. The fourth-order valence-corrected chi connectivity index (χ4v) is 2.55. The van der Waals surface area contributed by atoms with E-state index in [4.69, 9.17) is 9.26 Å². The van der Waals surface area contributed by atoms with Gasteiger partial charge in [0.25, 0.3) is 11.8 Å². The number of ether oxygens (including phenoxy) is 1. The molecule has 28 heavy (non-hydrogen) atoms. The number of hydrogen-bond acceptors (Lipinski definition) is 5. The Morgan fingerprint density at radius 3 is 2.39 bits per heavy atom. The van der Waals surface area contributed by atoms with E-state index in [0.29, 0.717) is 17.5 Å². The van der Waals surface area contributed by atoms with Crippen molar-refractivity contribution in [2.45, 2.75) is 32.7 Å². The quantitative estimate of drug-likeness (QED) is 0.660. The van der Waals surface area contributed by atoms with Gasteiger partial charge in [-0.15, -0.1) is 0 Å². The first-order valence-corrected chi connectivity index (χ1v) is 9.04. The number of rotatable bonds is 7. The number of amides is 1. The van der Waals surface area contributed by atoms with Crippen LogP contribution in [0.1, 0.15) is 44.1 Å². The minimum absolute atomic E-state index is 0.122. The molecule has 3 rings (SSSR count). The van der Waals surface area contributed by atoms with Crippen molar-refractivity contribution in [2.24, 2.45) is 0 Å². The highest BCUT2D eigenvalue weighted by molar-refractivity contribution is 5.78. The summed E-state index contributed by atoms with van der Waals surface area (Å²) in [6.45, 7) is 5.69. The molecular weight excluding hydrogens is 361 g/mol. The molecule has 0 aliphatic carbocycles. The van der Waals surface area contributed by atoms with E-state index in [1.165, 1.54) is 12.1 Å². The minimum Gasteiger partial charge on any atom is -0.484 e. The highest BCUT2D eigenvalue weighted by Crippen LogP contribution is 2.22. The molecule has 1 N–H and O–H groups in total. The molecule has 0 aliphatic heterocycles. The van der Waals surface area contributed by atoms with Gasteiger partial charge in [0, 0.05) is 11.5 Å². The second kappa shape index (κ2) is 8.65. The van der Waals surface area contributed by atoms with Gasteiger partial charge in [-0.2, -0.15) is 4.98 Å². The first-order chi connectivity index (χ1) is 13.4. The SMILES string of the molecule is CC(C)c1noc(-c2ccc(OCC(=O)N[C@@H](C)c3ccc(F)cc3)cc2)n1. The van der Waals surface area contributed by atoms with Crippen LogP contribution in [0, 0.1) is 5.82 Å². The van der Waals surface area contributed by atoms with Crippen molar-refractivity contribution in [2.75, 3.05) is 6.61 Å². The maximum Gasteiger partial charge on any atom is 0.258 e. The van der Waals surface area contributed by atoms with E-state index < -0.39 is 0 Å². The predicted octanol–water partition coefficient (Wildman–Crippen LogP) is 4.26. The summed E-state index contributed by atoms with van der Waals surface area (Å²) in [5.74, 6) is 1.27. The highest BCUT2D eigenvalue weighted by Gasteiger charge is 2.13. The molecule has 0 saturated heterocycles. The normalized spacial score (nSPS) is 12.0. The predicted molar refractivity (Wildman–Crippen MR) is 102 cm³/mol. The zero-order valence-corrected chi connectivity index (χ0v) is 16.0. The molecule has 3 aromatic rings. The van der Waals surface area contributed by atoms with E-state index in [1.54, 1.807) is 36.4 Å². The Morgan fingerprint density at radius 1 is 1.11 bits per heavy atom. The summed E-state index contributed by atoms with van der Waals surface area (Å²) < 4.78 is 23.7. The monoisotopic (exact) mass is 383 g/mol. The van der Waals surface area contributed by atoms with Crippen LogP contribution in [0.2, 0.25) is 0 Å². The smallest absolute Gasteiger partial charge is 0.258 e. The fourth-order valence-electron chi connectivity index (χ4n) is 2.55. The van der Waals surface area contributed by atoms with Gasteiger partial charge < -0.3 is 14.6 Å². The summed E-state index contributed by atoms with van der Waals surface area (Å²) in [5.41, 5.74) is 1.60. The van der Waals surface area contributed by atoms with Crippen molar-refractivity contribution in [3.8, 4) is 17.2 Å².